The highest BCUT2D eigenvalue weighted by Gasteiger charge is 2.46. The van der Waals surface area contributed by atoms with E-state index in [-0.39, 0.29) is 12.4 Å². The topological polar surface area (TPSA) is 279 Å². The van der Waals surface area contributed by atoms with Crippen molar-refractivity contribution in [2.75, 3.05) is 6.61 Å². The van der Waals surface area contributed by atoms with Gasteiger partial charge in [0.05, 0.1) is 13.2 Å². The summed E-state index contributed by atoms with van der Waals surface area (Å²) in [5.74, 6) is 0.122. The maximum absolute atomic E-state index is 12.9. The normalized spacial score (nSPS) is 25.8. The lowest BCUT2D eigenvalue weighted by molar-refractivity contribution is -0.0547. The van der Waals surface area contributed by atoms with Crippen LogP contribution in [0.15, 0.2) is 40.3 Å². The van der Waals surface area contributed by atoms with Crippen molar-refractivity contribution in [1.29, 1.82) is 0 Å². The first kappa shape index (κ1) is 28.6. The molecule has 0 bridgehead atoms. The van der Waals surface area contributed by atoms with Crippen molar-refractivity contribution >= 4 is 23.5 Å². The van der Waals surface area contributed by atoms with Gasteiger partial charge in [-0.2, -0.15) is 8.62 Å². The molecule has 1 aliphatic rings. The molecule has 3 heterocycles. The molecule has 200 valence electrons. The Morgan fingerprint density at radius 2 is 1.61 bits per heavy atom. The SMILES string of the molecule is O=c1ccn([C@@H]2O[C@H](COP(=O)(O)OP(=O)(O)OP(=O)(O)O)[C@H](O)[C@@H]2O)c(=O)n1Cc1ncccn1. The Morgan fingerprint density at radius 1 is 0.972 bits per heavy atom. The zero-order chi connectivity index (χ0) is 26.9. The third-order valence-corrected chi connectivity index (χ3v) is 8.25. The van der Waals surface area contributed by atoms with Gasteiger partial charge in [-0.1, -0.05) is 0 Å². The second-order valence-electron chi connectivity index (χ2n) is 7.03. The molecular formula is C14H19N4O15P3. The predicted octanol–water partition coefficient (Wildman–Crippen LogP) is -2.19. The van der Waals surface area contributed by atoms with Crippen molar-refractivity contribution in [2.24, 2.45) is 0 Å². The van der Waals surface area contributed by atoms with Gasteiger partial charge in [0.25, 0.3) is 5.56 Å². The second kappa shape index (κ2) is 10.8. The van der Waals surface area contributed by atoms with Crippen LogP contribution in [0.25, 0.3) is 0 Å². The minimum absolute atomic E-state index is 0.122. The number of aliphatic hydroxyl groups is 2. The molecule has 1 aliphatic heterocycles. The van der Waals surface area contributed by atoms with Crippen molar-refractivity contribution in [3.8, 4) is 0 Å². The molecule has 2 aromatic heterocycles. The number of hydrogen-bond acceptors (Lipinski definition) is 13. The predicted molar refractivity (Wildman–Crippen MR) is 112 cm³/mol. The van der Waals surface area contributed by atoms with Gasteiger partial charge in [-0.15, -0.1) is 0 Å². The van der Waals surface area contributed by atoms with Crippen LogP contribution >= 0.6 is 23.5 Å². The summed E-state index contributed by atoms with van der Waals surface area (Å²) in [4.78, 5) is 68.6. The van der Waals surface area contributed by atoms with E-state index in [0.29, 0.717) is 0 Å². The first-order valence-electron chi connectivity index (χ1n) is 9.46. The van der Waals surface area contributed by atoms with Gasteiger partial charge >= 0.3 is 29.2 Å². The summed E-state index contributed by atoms with van der Waals surface area (Å²) in [5, 5.41) is 20.6. The Balaban J connectivity index is 1.74. The number of hydrogen-bond donors (Lipinski definition) is 6. The molecule has 22 heteroatoms. The van der Waals surface area contributed by atoms with E-state index >= 15 is 0 Å². The maximum Gasteiger partial charge on any atom is 0.490 e. The van der Waals surface area contributed by atoms with Gasteiger partial charge in [0.2, 0.25) is 0 Å². The Kier molecular flexibility index (Phi) is 8.59. The van der Waals surface area contributed by atoms with E-state index in [1.165, 1.54) is 18.5 Å². The molecule has 0 radical (unpaired) electrons. The average molecular weight is 576 g/mol. The number of rotatable bonds is 10. The van der Waals surface area contributed by atoms with Gasteiger partial charge in [-0.3, -0.25) is 18.5 Å². The van der Waals surface area contributed by atoms with Crippen LogP contribution < -0.4 is 11.2 Å². The Morgan fingerprint density at radius 3 is 2.22 bits per heavy atom. The molecule has 0 spiro atoms. The molecule has 6 N–H and O–H groups in total. The molecule has 6 atom stereocenters. The number of phosphoric acid groups is 3. The monoisotopic (exact) mass is 576 g/mol. The largest absolute Gasteiger partial charge is 0.490 e. The Bertz CT molecular complexity index is 1340. The lowest BCUT2D eigenvalue weighted by Gasteiger charge is -2.19. The fraction of sp³-hybridized carbons (Fsp3) is 0.429. The second-order valence-corrected chi connectivity index (χ2v) is 11.4. The summed E-state index contributed by atoms with van der Waals surface area (Å²) in [7, 11) is -16.9. The zero-order valence-corrected chi connectivity index (χ0v) is 20.3. The van der Waals surface area contributed by atoms with Gasteiger partial charge in [0, 0.05) is 24.7 Å². The van der Waals surface area contributed by atoms with Crippen molar-refractivity contribution < 1.29 is 61.4 Å². The summed E-state index contributed by atoms with van der Waals surface area (Å²) < 4.78 is 52.2. The highest BCUT2D eigenvalue weighted by molar-refractivity contribution is 7.66. The van der Waals surface area contributed by atoms with Crippen LogP contribution in [-0.4, -0.2) is 73.8 Å². The summed E-state index contributed by atoms with van der Waals surface area (Å²) in [6.07, 6.45) is -3.17. The molecule has 1 fully saturated rings. The van der Waals surface area contributed by atoms with E-state index in [1.807, 2.05) is 0 Å². The molecule has 1 saturated heterocycles. The quantitative estimate of drug-likeness (QED) is 0.164. The molecule has 2 unspecified atom stereocenters. The van der Waals surface area contributed by atoms with Crippen LogP contribution in [0.4, 0.5) is 0 Å². The maximum atomic E-state index is 12.9. The average Bonchev–Trinajstić information content (AvgIpc) is 3.02. The molecule has 0 aromatic carbocycles. The van der Waals surface area contributed by atoms with Crippen molar-refractivity contribution in [3.63, 3.8) is 0 Å². The van der Waals surface area contributed by atoms with E-state index < -0.39 is 65.9 Å². The molecule has 0 aliphatic carbocycles. The van der Waals surface area contributed by atoms with E-state index in [2.05, 4.69) is 23.1 Å². The smallest absolute Gasteiger partial charge is 0.387 e. The van der Waals surface area contributed by atoms with Crippen molar-refractivity contribution in [1.82, 2.24) is 19.1 Å². The molecule has 0 amide bonds. The van der Waals surface area contributed by atoms with Gasteiger partial charge in [0.1, 0.15) is 24.1 Å². The molecule has 3 rings (SSSR count). The fourth-order valence-electron chi connectivity index (χ4n) is 2.99. The lowest BCUT2D eigenvalue weighted by Crippen LogP contribution is -2.43. The number of aromatic nitrogens is 4. The summed E-state index contributed by atoms with van der Waals surface area (Å²) in [6.45, 7) is -1.41. The summed E-state index contributed by atoms with van der Waals surface area (Å²) in [6, 6.07) is 2.48. The van der Waals surface area contributed by atoms with Crippen molar-refractivity contribution in [3.05, 3.63) is 57.4 Å². The fourth-order valence-corrected chi connectivity index (χ4v) is 6.02. The van der Waals surface area contributed by atoms with Crippen LogP contribution in [0.5, 0.6) is 0 Å². The zero-order valence-electron chi connectivity index (χ0n) is 17.6. The third-order valence-electron chi connectivity index (χ3n) is 4.44. The Hall–Kier alpha value is -1.95. The van der Waals surface area contributed by atoms with Gasteiger partial charge in [0.15, 0.2) is 6.23 Å². The standard InChI is InChI=1S/C14H19N4O15P3/c19-10-2-5-17(14(22)18(10)6-9-15-3-1-4-16-9)13-12(21)11(20)8(31-13)7-30-35(26,27)33-36(28,29)32-34(23,24)25/h1-5,8,11-13,20-21H,6-7H2,(H,26,27)(H,28,29)(H2,23,24,25)/t8-,11+,12+,13-/m1/s1. The van der Waals surface area contributed by atoms with E-state index in [0.717, 1.165) is 21.4 Å². The first-order chi connectivity index (χ1) is 16.6. The molecular weight excluding hydrogens is 557 g/mol. The number of nitrogens with zero attached hydrogens (tertiary/aromatic N) is 4. The first-order valence-corrected chi connectivity index (χ1v) is 14.0. The molecule has 19 nitrogen and oxygen atoms in total. The van der Waals surface area contributed by atoms with Crippen LogP contribution in [0, 0.1) is 0 Å². The summed E-state index contributed by atoms with van der Waals surface area (Å²) in [5.41, 5.74) is -1.72. The van der Waals surface area contributed by atoms with Gasteiger partial charge in [-0.05, 0) is 6.07 Å². The number of phosphoric ester groups is 1. The lowest BCUT2D eigenvalue weighted by atomic mass is 10.1. The summed E-state index contributed by atoms with van der Waals surface area (Å²) >= 11 is 0. The van der Waals surface area contributed by atoms with Crippen LogP contribution in [0.1, 0.15) is 12.1 Å². The van der Waals surface area contributed by atoms with Crippen LogP contribution in [-0.2, 0) is 38.1 Å². The van der Waals surface area contributed by atoms with E-state index in [4.69, 9.17) is 19.4 Å². The minimum atomic E-state index is -5.77. The molecule has 36 heavy (non-hydrogen) atoms. The van der Waals surface area contributed by atoms with E-state index in [9.17, 15) is 38.4 Å². The molecule has 0 saturated carbocycles. The minimum Gasteiger partial charge on any atom is -0.387 e. The molecule has 2 aromatic rings. The number of ether oxygens (including phenoxy) is 1. The highest BCUT2D eigenvalue weighted by atomic mass is 31.3. The van der Waals surface area contributed by atoms with Gasteiger partial charge < -0.3 is 34.5 Å². The van der Waals surface area contributed by atoms with Crippen LogP contribution in [0.2, 0.25) is 0 Å². The highest BCUT2D eigenvalue weighted by Crippen LogP contribution is 2.66. The Labute approximate surface area is 199 Å². The van der Waals surface area contributed by atoms with Crippen LogP contribution in [0.3, 0.4) is 0 Å². The van der Waals surface area contributed by atoms with E-state index in [1.54, 1.807) is 0 Å². The third kappa shape index (κ3) is 7.30. The van der Waals surface area contributed by atoms with Gasteiger partial charge in [-0.25, -0.2) is 28.5 Å². The van der Waals surface area contributed by atoms with Crippen molar-refractivity contribution in [2.45, 2.75) is 31.1 Å². The number of aliphatic hydroxyl groups excluding tert-OH is 2.